The summed E-state index contributed by atoms with van der Waals surface area (Å²) in [5.74, 6) is -1.43. The van der Waals surface area contributed by atoms with E-state index in [1.165, 1.54) is 23.4 Å². The maximum atomic E-state index is 12.1. The fraction of sp³-hybridized carbons (Fsp3) is 0.417. The fourth-order valence-electron chi connectivity index (χ4n) is 1.76. The number of aromatic nitrogens is 1. The normalized spacial score (nSPS) is 11.9. The van der Waals surface area contributed by atoms with Crippen LogP contribution >= 0.6 is 0 Å². The van der Waals surface area contributed by atoms with Crippen molar-refractivity contribution in [2.24, 2.45) is 0 Å². The van der Waals surface area contributed by atoms with Gasteiger partial charge in [0.1, 0.15) is 5.56 Å². The highest BCUT2D eigenvalue weighted by Gasteiger charge is 2.23. The van der Waals surface area contributed by atoms with Gasteiger partial charge >= 0.3 is 5.97 Å². The lowest BCUT2D eigenvalue weighted by Crippen LogP contribution is -2.41. The third-order valence-corrected chi connectivity index (χ3v) is 2.66. The number of carboxylic acid groups (broad SMARTS) is 1. The minimum Gasteiger partial charge on any atom is -0.481 e. The van der Waals surface area contributed by atoms with Crippen LogP contribution in [0.1, 0.15) is 30.6 Å². The van der Waals surface area contributed by atoms with E-state index < -0.39 is 17.9 Å². The maximum absolute atomic E-state index is 12.1. The molecule has 6 nitrogen and oxygen atoms in total. The molecule has 0 saturated carbocycles. The smallest absolute Gasteiger partial charge is 0.305 e. The van der Waals surface area contributed by atoms with E-state index in [2.05, 4.69) is 4.98 Å². The van der Waals surface area contributed by atoms with E-state index in [0.29, 0.717) is 6.54 Å². The van der Waals surface area contributed by atoms with E-state index in [1.54, 1.807) is 13.8 Å². The van der Waals surface area contributed by atoms with Gasteiger partial charge in [-0.1, -0.05) is 0 Å². The van der Waals surface area contributed by atoms with Crippen LogP contribution in [-0.2, 0) is 4.79 Å². The Labute approximate surface area is 104 Å². The summed E-state index contributed by atoms with van der Waals surface area (Å²) in [6.45, 7) is 3.74. The Morgan fingerprint density at radius 1 is 1.50 bits per heavy atom. The Kier molecular flexibility index (Phi) is 4.65. The summed E-state index contributed by atoms with van der Waals surface area (Å²) in [4.78, 5) is 38.4. The number of rotatable bonds is 5. The summed E-state index contributed by atoms with van der Waals surface area (Å²) in [7, 11) is 0. The minimum absolute atomic E-state index is 0.0246. The van der Waals surface area contributed by atoms with Crippen LogP contribution in [-0.4, -0.2) is 39.5 Å². The van der Waals surface area contributed by atoms with Gasteiger partial charge in [0.2, 0.25) is 0 Å². The van der Waals surface area contributed by atoms with Gasteiger partial charge in [0.15, 0.2) is 5.43 Å². The van der Waals surface area contributed by atoms with Crippen LogP contribution in [0.2, 0.25) is 0 Å². The van der Waals surface area contributed by atoms with Crippen LogP contribution in [0.4, 0.5) is 0 Å². The van der Waals surface area contributed by atoms with E-state index in [4.69, 9.17) is 5.11 Å². The Hall–Kier alpha value is -2.11. The number of aliphatic carboxylic acids is 1. The number of nitrogens with zero attached hydrogens (tertiary/aromatic N) is 1. The molecule has 0 aliphatic carbocycles. The lowest BCUT2D eigenvalue weighted by molar-refractivity contribution is -0.138. The van der Waals surface area contributed by atoms with Crippen molar-refractivity contribution >= 4 is 11.9 Å². The monoisotopic (exact) mass is 252 g/mol. The summed E-state index contributed by atoms with van der Waals surface area (Å²) in [5.41, 5.74) is -0.351. The first-order valence-corrected chi connectivity index (χ1v) is 5.67. The molecule has 1 unspecified atom stereocenters. The number of nitrogens with one attached hydrogen (secondary N) is 1. The second-order valence-corrected chi connectivity index (χ2v) is 3.96. The van der Waals surface area contributed by atoms with E-state index in [1.807, 2.05) is 0 Å². The molecule has 0 aliphatic rings. The Balaban J connectivity index is 2.96. The molecule has 0 bridgehead atoms. The van der Waals surface area contributed by atoms with Gasteiger partial charge < -0.3 is 15.0 Å². The third-order valence-electron chi connectivity index (χ3n) is 2.66. The fourth-order valence-corrected chi connectivity index (χ4v) is 1.76. The van der Waals surface area contributed by atoms with Crippen molar-refractivity contribution in [1.29, 1.82) is 0 Å². The van der Waals surface area contributed by atoms with Crippen molar-refractivity contribution < 1.29 is 14.7 Å². The van der Waals surface area contributed by atoms with Gasteiger partial charge in [0.05, 0.1) is 6.42 Å². The highest BCUT2D eigenvalue weighted by molar-refractivity contribution is 5.94. The largest absolute Gasteiger partial charge is 0.481 e. The van der Waals surface area contributed by atoms with E-state index in [-0.39, 0.29) is 17.4 Å². The first-order valence-electron chi connectivity index (χ1n) is 5.67. The molecule has 98 valence electrons. The van der Waals surface area contributed by atoms with Crippen molar-refractivity contribution in [2.45, 2.75) is 26.3 Å². The Morgan fingerprint density at radius 3 is 2.67 bits per heavy atom. The summed E-state index contributed by atoms with van der Waals surface area (Å²) in [5, 5.41) is 8.73. The van der Waals surface area contributed by atoms with Crippen molar-refractivity contribution in [3.63, 3.8) is 0 Å². The minimum atomic E-state index is -0.976. The molecule has 1 rings (SSSR count). The molecule has 6 heteroatoms. The van der Waals surface area contributed by atoms with Gasteiger partial charge in [0.25, 0.3) is 5.91 Å². The predicted molar refractivity (Wildman–Crippen MR) is 65.5 cm³/mol. The molecule has 0 spiro atoms. The van der Waals surface area contributed by atoms with Gasteiger partial charge in [-0.3, -0.25) is 14.4 Å². The van der Waals surface area contributed by atoms with Gasteiger partial charge in [-0.15, -0.1) is 0 Å². The predicted octanol–water partition coefficient (Wildman–Crippen LogP) is 0.700. The van der Waals surface area contributed by atoms with E-state index >= 15 is 0 Å². The number of carbonyl (C=O) groups is 2. The molecule has 1 aromatic rings. The molecule has 1 aromatic heterocycles. The summed E-state index contributed by atoms with van der Waals surface area (Å²) in [6.07, 6.45) is 2.63. The van der Waals surface area contributed by atoms with Crippen LogP contribution < -0.4 is 5.43 Å². The molecule has 18 heavy (non-hydrogen) atoms. The van der Waals surface area contributed by atoms with Crippen LogP contribution in [0, 0.1) is 0 Å². The average molecular weight is 252 g/mol. The molecule has 2 N–H and O–H groups in total. The zero-order valence-electron chi connectivity index (χ0n) is 10.3. The molecule has 0 saturated heterocycles. The molecule has 0 aromatic carbocycles. The summed E-state index contributed by atoms with van der Waals surface area (Å²) in [6, 6.07) is 0.808. The molecular formula is C12H16N2O4. The van der Waals surface area contributed by atoms with Crippen LogP contribution in [0.25, 0.3) is 0 Å². The van der Waals surface area contributed by atoms with Crippen molar-refractivity contribution in [3.05, 3.63) is 34.2 Å². The quantitative estimate of drug-likeness (QED) is 0.807. The highest BCUT2D eigenvalue weighted by Crippen LogP contribution is 2.08. The number of carboxylic acids is 1. The number of hydrogen-bond donors (Lipinski definition) is 2. The Morgan fingerprint density at radius 2 is 2.17 bits per heavy atom. The number of aromatic amines is 1. The summed E-state index contributed by atoms with van der Waals surface area (Å²) >= 11 is 0. The summed E-state index contributed by atoms with van der Waals surface area (Å²) < 4.78 is 0. The number of carbonyl (C=O) groups excluding carboxylic acids is 1. The van der Waals surface area contributed by atoms with Gasteiger partial charge in [0, 0.05) is 31.0 Å². The molecule has 1 amide bonds. The van der Waals surface area contributed by atoms with Gasteiger partial charge in [-0.25, -0.2) is 0 Å². The Bertz CT molecular complexity index is 495. The first kappa shape index (κ1) is 14.0. The van der Waals surface area contributed by atoms with Crippen molar-refractivity contribution in [3.8, 4) is 0 Å². The number of amides is 1. The van der Waals surface area contributed by atoms with Gasteiger partial charge in [-0.05, 0) is 13.8 Å². The zero-order chi connectivity index (χ0) is 13.7. The second-order valence-electron chi connectivity index (χ2n) is 3.96. The maximum Gasteiger partial charge on any atom is 0.305 e. The average Bonchev–Trinajstić information content (AvgIpc) is 2.29. The lowest BCUT2D eigenvalue weighted by atomic mass is 10.1. The van der Waals surface area contributed by atoms with Crippen LogP contribution in [0.15, 0.2) is 23.3 Å². The third kappa shape index (κ3) is 3.19. The zero-order valence-corrected chi connectivity index (χ0v) is 10.3. The topological polar surface area (TPSA) is 90.5 Å². The second kappa shape index (κ2) is 6.00. The van der Waals surface area contributed by atoms with E-state index in [9.17, 15) is 14.4 Å². The van der Waals surface area contributed by atoms with Crippen molar-refractivity contribution in [2.75, 3.05) is 6.54 Å². The highest BCUT2D eigenvalue weighted by atomic mass is 16.4. The van der Waals surface area contributed by atoms with Crippen LogP contribution in [0.5, 0.6) is 0 Å². The van der Waals surface area contributed by atoms with Gasteiger partial charge in [-0.2, -0.15) is 0 Å². The number of H-pyrrole nitrogens is 1. The van der Waals surface area contributed by atoms with Crippen LogP contribution in [0.3, 0.4) is 0 Å². The standard InChI is InChI=1S/C12H16N2O4/c1-3-14(8(2)6-11(16)17)12(18)9-7-13-5-4-10(9)15/h4-5,7-8H,3,6H2,1-2H3,(H,13,15)(H,16,17). The lowest BCUT2D eigenvalue weighted by Gasteiger charge is -2.26. The first-order chi connectivity index (χ1) is 8.47. The molecule has 0 fully saturated rings. The van der Waals surface area contributed by atoms with Crippen molar-refractivity contribution in [1.82, 2.24) is 9.88 Å². The molecular weight excluding hydrogens is 236 g/mol. The molecule has 1 heterocycles. The van der Waals surface area contributed by atoms with E-state index in [0.717, 1.165) is 0 Å². The number of hydrogen-bond acceptors (Lipinski definition) is 3. The SMILES string of the molecule is CCN(C(=O)c1c[nH]ccc1=O)C(C)CC(=O)O. The molecule has 0 radical (unpaired) electrons. The molecule has 0 aliphatic heterocycles. The molecule has 1 atom stereocenters. The number of pyridine rings is 1.